The first-order valence-corrected chi connectivity index (χ1v) is 11.4. The summed E-state index contributed by atoms with van der Waals surface area (Å²) in [6.07, 6.45) is 0.628. The molecule has 0 saturated carbocycles. The molecule has 0 aromatic heterocycles. The highest BCUT2D eigenvalue weighted by atomic mass is 32.2. The maximum Gasteiger partial charge on any atom is 0.191 e. The van der Waals surface area contributed by atoms with Crippen molar-refractivity contribution in [3.63, 3.8) is 0 Å². The lowest BCUT2D eigenvalue weighted by Gasteiger charge is -2.15. The monoisotopic (exact) mass is 401 g/mol. The molecule has 150 valence electrons. The van der Waals surface area contributed by atoms with Crippen LogP contribution >= 0.6 is 0 Å². The van der Waals surface area contributed by atoms with Gasteiger partial charge < -0.3 is 15.4 Å². The molecular formula is C21H27N3O3S. The molecule has 1 aliphatic rings. The Bertz CT molecular complexity index is 881. The van der Waals surface area contributed by atoms with Gasteiger partial charge in [-0.3, -0.25) is 0 Å². The second-order valence-electron chi connectivity index (χ2n) is 6.86. The normalized spacial score (nSPS) is 18.6. The SMILES string of the molecule is CCNC(=NCc1ccc(COc2ccccc2)cc1)NC1CCS(=O)(=O)C1. The minimum Gasteiger partial charge on any atom is -0.489 e. The molecule has 0 spiro atoms. The van der Waals surface area contributed by atoms with Crippen molar-refractivity contribution in [2.75, 3.05) is 18.1 Å². The molecule has 1 fully saturated rings. The van der Waals surface area contributed by atoms with Crippen LogP contribution in [0, 0.1) is 0 Å². The third-order valence-electron chi connectivity index (χ3n) is 4.51. The lowest BCUT2D eigenvalue weighted by Crippen LogP contribution is -2.44. The zero-order valence-corrected chi connectivity index (χ0v) is 16.9. The molecule has 6 nitrogen and oxygen atoms in total. The fourth-order valence-electron chi connectivity index (χ4n) is 3.02. The molecular weight excluding hydrogens is 374 g/mol. The van der Waals surface area contributed by atoms with Gasteiger partial charge in [0.05, 0.1) is 18.1 Å². The zero-order valence-electron chi connectivity index (χ0n) is 16.1. The number of sulfone groups is 1. The Morgan fingerprint density at radius 3 is 2.46 bits per heavy atom. The van der Waals surface area contributed by atoms with Crippen LogP contribution in [0.5, 0.6) is 5.75 Å². The van der Waals surface area contributed by atoms with Gasteiger partial charge in [0.2, 0.25) is 0 Å². The molecule has 0 bridgehead atoms. The van der Waals surface area contributed by atoms with Gasteiger partial charge in [-0.1, -0.05) is 42.5 Å². The van der Waals surface area contributed by atoms with Gasteiger partial charge in [-0.15, -0.1) is 0 Å². The summed E-state index contributed by atoms with van der Waals surface area (Å²) in [4.78, 5) is 4.59. The van der Waals surface area contributed by atoms with Crippen LogP contribution in [0.25, 0.3) is 0 Å². The first-order valence-electron chi connectivity index (χ1n) is 9.55. The van der Waals surface area contributed by atoms with Gasteiger partial charge in [-0.25, -0.2) is 13.4 Å². The number of hydrogen-bond acceptors (Lipinski definition) is 4. The van der Waals surface area contributed by atoms with Gasteiger partial charge in [-0.05, 0) is 36.6 Å². The molecule has 28 heavy (non-hydrogen) atoms. The van der Waals surface area contributed by atoms with Gasteiger partial charge >= 0.3 is 0 Å². The molecule has 2 aromatic rings. The maximum absolute atomic E-state index is 11.6. The smallest absolute Gasteiger partial charge is 0.191 e. The highest BCUT2D eigenvalue weighted by molar-refractivity contribution is 7.91. The van der Waals surface area contributed by atoms with Crippen molar-refractivity contribution in [1.29, 1.82) is 0 Å². The van der Waals surface area contributed by atoms with E-state index in [0.29, 0.717) is 25.5 Å². The van der Waals surface area contributed by atoms with Crippen LogP contribution < -0.4 is 15.4 Å². The Balaban J connectivity index is 1.53. The van der Waals surface area contributed by atoms with Crippen LogP contribution in [0.3, 0.4) is 0 Å². The topological polar surface area (TPSA) is 79.8 Å². The first kappa shape index (κ1) is 20.2. The van der Waals surface area contributed by atoms with Crippen molar-refractivity contribution < 1.29 is 13.2 Å². The number of aliphatic imine (C=N–C) groups is 1. The highest BCUT2D eigenvalue weighted by Crippen LogP contribution is 2.13. The zero-order chi connectivity index (χ0) is 19.8. The lowest BCUT2D eigenvalue weighted by atomic mass is 10.1. The molecule has 0 radical (unpaired) electrons. The van der Waals surface area contributed by atoms with Crippen molar-refractivity contribution in [1.82, 2.24) is 10.6 Å². The second-order valence-corrected chi connectivity index (χ2v) is 9.09. The summed E-state index contributed by atoms with van der Waals surface area (Å²) in [5, 5.41) is 6.41. The number of para-hydroxylation sites is 1. The molecule has 2 N–H and O–H groups in total. The van der Waals surface area contributed by atoms with Crippen molar-refractivity contribution in [2.24, 2.45) is 4.99 Å². The number of guanidine groups is 1. The molecule has 7 heteroatoms. The van der Waals surface area contributed by atoms with E-state index < -0.39 is 9.84 Å². The van der Waals surface area contributed by atoms with E-state index in [-0.39, 0.29) is 17.5 Å². The molecule has 2 aromatic carbocycles. The summed E-state index contributed by atoms with van der Waals surface area (Å²) in [6, 6.07) is 17.8. The fourth-order valence-corrected chi connectivity index (χ4v) is 4.69. The molecule has 1 saturated heterocycles. The summed E-state index contributed by atoms with van der Waals surface area (Å²) in [7, 11) is -2.91. The van der Waals surface area contributed by atoms with Crippen molar-refractivity contribution in [3.8, 4) is 5.75 Å². The predicted molar refractivity (Wildman–Crippen MR) is 112 cm³/mol. The van der Waals surface area contributed by atoms with Crippen LogP contribution in [-0.2, 0) is 23.0 Å². The van der Waals surface area contributed by atoms with E-state index in [1.165, 1.54) is 0 Å². The molecule has 3 rings (SSSR count). The van der Waals surface area contributed by atoms with Crippen molar-refractivity contribution in [2.45, 2.75) is 32.5 Å². The van der Waals surface area contributed by atoms with Crippen LogP contribution in [0.2, 0.25) is 0 Å². The number of nitrogens with zero attached hydrogens (tertiary/aromatic N) is 1. The average Bonchev–Trinajstić information content (AvgIpc) is 3.04. The van der Waals surface area contributed by atoms with E-state index >= 15 is 0 Å². The van der Waals surface area contributed by atoms with E-state index in [2.05, 4.69) is 15.6 Å². The maximum atomic E-state index is 11.6. The first-order chi connectivity index (χ1) is 13.5. The third-order valence-corrected chi connectivity index (χ3v) is 6.28. The largest absolute Gasteiger partial charge is 0.489 e. The second kappa shape index (κ2) is 9.59. The van der Waals surface area contributed by atoms with Gasteiger partial charge in [0.15, 0.2) is 15.8 Å². The number of nitrogens with one attached hydrogen (secondary N) is 2. The van der Waals surface area contributed by atoms with E-state index in [0.717, 1.165) is 23.4 Å². The van der Waals surface area contributed by atoms with Gasteiger partial charge in [0.25, 0.3) is 0 Å². The minimum atomic E-state index is -2.91. The summed E-state index contributed by atoms with van der Waals surface area (Å²) >= 11 is 0. The standard InChI is InChI=1S/C21H27N3O3S/c1-2-22-21(24-19-12-13-28(25,26)16-19)23-14-17-8-10-18(11-9-17)15-27-20-6-4-3-5-7-20/h3-11,19H,2,12-16H2,1H3,(H2,22,23,24). The molecule has 1 atom stereocenters. The number of rotatable bonds is 7. The Morgan fingerprint density at radius 2 is 1.82 bits per heavy atom. The van der Waals surface area contributed by atoms with Gasteiger partial charge in [-0.2, -0.15) is 0 Å². The Kier molecular flexibility index (Phi) is 6.92. The van der Waals surface area contributed by atoms with E-state index in [1.54, 1.807) is 0 Å². The summed E-state index contributed by atoms with van der Waals surface area (Å²) in [5.74, 6) is 1.93. The molecule has 0 aliphatic carbocycles. The van der Waals surface area contributed by atoms with Crippen LogP contribution in [0.1, 0.15) is 24.5 Å². The number of benzene rings is 2. The van der Waals surface area contributed by atoms with E-state index in [9.17, 15) is 8.42 Å². The van der Waals surface area contributed by atoms with Crippen LogP contribution in [0.15, 0.2) is 59.6 Å². The van der Waals surface area contributed by atoms with Gasteiger partial charge in [0.1, 0.15) is 12.4 Å². The van der Waals surface area contributed by atoms with E-state index in [1.807, 2.05) is 61.5 Å². The average molecular weight is 402 g/mol. The minimum absolute atomic E-state index is 0.0692. The predicted octanol–water partition coefficient (Wildman–Crippen LogP) is 2.51. The van der Waals surface area contributed by atoms with Crippen molar-refractivity contribution in [3.05, 3.63) is 65.7 Å². The van der Waals surface area contributed by atoms with Crippen molar-refractivity contribution >= 4 is 15.8 Å². The van der Waals surface area contributed by atoms with Gasteiger partial charge in [0, 0.05) is 12.6 Å². The Labute approximate surface area is 167 Å². The van der Waals surface area contributed by atoms with Crippen LogP contribution in [-0.4, -0.2) is 38.5 Å². The number of hydrogen-bond donors (Lipinski definition) is 2. The molecule has 0 amide bonds. The summed E-state index contributed by atoms with van der Waals surface area (Å²) < 4.78 is 29.0. The summed E-state index contributed by atoms with van der Waals surface area (Å²) in [5.41, 5.74) is 2.18. The van der Waals surface area contributed by atoms with Crippen LogP contribution in [0.4, 0.5) is 0 Å². The van der Waals surface area contributed by atoms with E-state index in [4.69, 9.17) is 4.74 Å². The molecule has 1 unspecified atom stereocenters. The Morgan fingerprint density at radius 1 is 1.11 bits per heavy atom. The molecule has 1 heterocycles. The molecule has 1 aliphatic heterocycles. The fraction of sp³-hybridized carbons (Fsp3) is 0.381. The summed E-state index contributed by atoms with van der Waals surface area (Å²) in [6.45, 7) is 3.76. The Hall–Kier alpha value is -2.54. The quantitative estimate of drug-likeness (QED) is 0.550. The lowest BCUT2D eigenvalue weighted by molar-refractivity contribution is 0.306. The number of ether oxygens (including phenoxy) is 1. The third kappa shape index (κ3) is 6.27. The highest BCUT2D eigenvalue weighted by Gasteiger charge is 2.28.